The molecule has 0 aromatic carbocycles. The molecule has 0 aromatic heterocycles. The Morgan fingerprint density at radius 3 is 2.53 bits per heavy atom. The van der Waals surface area contributed by atoms with Gasteiger partial charge in [-0.2, -0.15) is 0 Å². The van der Waals surface area contributed by atoms with E-state index in [9.17, 15) is 9.18 Å². The van der Waals surface area contributed by atoms with Gasteiger partial charge in [0.25, 0.3) is 0 Å². The monoisotopic (exact) mass is 212 g/mol. The van der Waals surface area contributed by atoms with Crippen LogP contribution in [0.3, 0.4) is 0 Å². The summed E-state index contributed by atoms with van der Waals surface area (Å²) in [5.74, 6) is 1.75. The van der Waals surface area contributed by atoms with Gasteiger partial charge < -0.3 is 4.74 Å². The van der Waals surface area contributed by atoms with Crippen LogP contribution >= 0.6 is 0 Å². The van der Waals surface area contributed by atoms with Crippen LogP contribution in [0.4, 0.5) is 4.39 Å². The van der Waals surface area contributed by atoms with E-state index in [4.69, 9.17) is 4.74 Å². The van der Waals surface area contributed by atoms with E-state index in [0.717, 1.165) is 32.1 Å². The lowest BCUT2D eigenvalue weighted by molar-refractivity contribution is -0.154. The van der Waals surface area contributed by atoms with Crippen molar-refractivity contribution in [1.29, 1.82) is 0 Å². The molecule has 0 heterocycles. The zero-order chi connectivity index (χ0) is 10.5. The van der Waals surface area contributed by atoms with Gasteiger partial charge in [0.05, 0.1) is 6.61 Å². The van der Waals surface area contributed by atoms with E-state index in [1.807, 2.05) is 0 Å². The first-order valence-corrected chi connectivity index (χ1v) is 5.90. The van der Waals surface area contributed by atoms with Gasteiger partial charge in [-0.25, -0.2) is 4.39 Å². The second-order valence-electron chi connectivity index (χ2n) is 5.70. The van der Waals surface area contributed by atoms with Crippen LogP contribution in [0.1, 0.15) is 32.1 Å². The third-order valence-corrected chi connectivity index (χ3v) is 4.61. The molecule has 4 aliphatic rings. The number of halogens is 1. The zero-order valence-corrected chi connectivity index (χ0v) is 8.88. The van der Waals surface area contributed by atoms with E-state index in [2.05, 4.69) is 0 Å². The van der Waals surface area contributed by atoms with E-state index in [-0.39, 0.29) is 17.3 Å². The molecule has 2 atom stereocenters. The number of Topliss-reactive ketones (excluding diaryl/α,β-unsaturated/α-hetero) is 1. The molecule has 4 aliphatic carbocycles. The van der Waals surface area contributed by atoms with Gasteiger partial charge in [0.2, 0.25) is 0 Å². The first kappa shape index (κ1) is 9.76. The maximum Gasteiger partial charge on any atom is 0.188 e. The lowest BCUT2D eigenvalue weighted by Gasteiger charge is -2.55. The number of alkyl halides is 1. The lowest BCUT2D eigenvalue weighted by Crippen LogP contribution is -2.53. The Morgan fingerprint density at radius 2 is 1.93 bits per heavy atom. The Balaban J connectivity index is 1.80. The largest absolute Gasteiger partial charge is 0.350 e. The first-order chi connectivity index (χ1) is 7.22. The number of carbonyl (C=O) groups excluding carboxylic acids is 1. The normalized spacial score (nSPS) is 47.5. The maximum absolute atomic E-state index is 12.1. The molecule has 4 bridgehead atoms. The van der Waals surface area contributed by atoms with Gasteiger partial charge in [-0.05, 0) is 43.4 Å². The third-order valence-electron chi connectivity index (χ3n) is 4.61. The van der Waals surface area contributed by atoms with Crippen LogP contribution in [-0.2, 0) is 9.53 Å². The topological polar surface area (TPSA) is 26.3 Å². The molecule has 15 heavy (non-hydrogen) atoms. The predicted octanol–water partition coefficient (Wildman–Crippen LogP) is 2.33. The number of hydrogen-bond acceptors (Lipinski definition) is 2. The van der Waals surface area contributed by atoms with Gasteiger partial charge in [0.1, 0.15) is 5.78 Å². The van der Waals surface area contributed by atoms with E-state index in [1.165, 1.54) is 0 Å². The van der Waals surface area contributed by atoms with Crippen LogP contribution in [0.25, 0.3) is 0 Å². The van der Waals surface area contributed by atoms with Crippen LogP contribution < -0.4 is 0 Å². The summed E-state index contributed by atoms with van der Waals surface area (Å²) in [7, 11) is 0. The van der Waals surface area contributed by atoms with Crippen molar-refractivity contribution in [2.24, 2.45) is 23.2 Å². The number of hydrogen-bond donors (Lipinski definition) is 0. The SMILES string of the molecule is O=C1C2CC3CC1CC(COCF)(C3)C2. The van der Waals surface area contributed by atoms with Crippen LogP contribution in [0.15, 0.2) is 0 Å². The fourth-order valence-electron chi connectivity index (χ4n) is 4.34. The molecule has 2 unspecified atom stereocenters. The lowest BCUT2D eigenvalue weighted by atomic mass is 9.49. The molecule has 4 fully saturated rings. The smallest absolute Gasteiger partial charge is 0.188 e. The number of ether oxygens (including phenoxy) is 1. The summed E-state index contributed by atoms with van der Waals surface area (Å²) in [6.45, 7) is -0.157. The van der Waals surface area contributed by atoms with E-state index in [0.29, 0.717) is 18.3 Å². The molecule has 0 radical (unpaired) electrons. The maximum atomic E-state index is 12.1. The molecule has 3 heteroatoms. The fourth-order valence-corrected chi connectivity index (χ4v) is 4.34. The minimum Gasteiger partial charge on any atom is -0.350 e. The average Bonchev–Trinajstić information content (AvgIpc) is 2.22. The van der Waals surface area contributed by atoms with E-state index >= 15 is 0 Å². The molecule has 4 rings (SSSR count). The molecule has 2 nitrogen and oxygen atoms in total. The molecule has 84 valence electrons. The van der Waals surface area contributed by atoms with E-state index in [1.54, 1.807) is 0 Å². The number of carbonyl (C=O) groups is 1. The Bertz CT molecular complexity index is 271. The van der Waals surface area contributed by atoms with Gasteiger partial charge in [0, 0.05) is 11.8 Å². The highest BCUT2D eigenvalue weighted by Crippen LogP contribution is 2.58. The Hall–Kier alpha value is -0.440. The summed E-state index contributed by atoms with van der Waals surface area (Å²) >= 11 is 0. The van der Waals surface area contributed by atoms with Crippen molar-refractivity contribution in [2.45, 2.75) is 32.1 Å². The molecule has 0 saturated heterocycles. The van der Waals surface area contributed by atoms with Crippen molar-refractivity contribution in [3.05, 3.63) is 0 Å². The molecular weight excluding hydrogens is 195 g/mol. The molecule has 0 aromatic rings. The van der Waals surface area contributed by atoms with Crippen molar-refractivity contribution in [3.8, 4) is 0 Å². The molecule has 0 N–H and O–H groups in total. The fraction of sp³-hybridized carbons (Fsp3) is 0.917. The predicted molar refractivity (Wildman–Crippen MR) is 52.9 cm³/mol. The summed E-state index contributed by atoms with van der Waals surface area (Å²) in [4.78, 5) is 11.9. The van der Waals surface area contributed by atoms with Crippen molar-refractivity contribution in [3.63, 3.8) is 0 Å². The van der Waals surface area contributed by atoms with Crippen LogP contribution in [0, 0.1) is 23.2 Å². The summed E-state index contributed by atoms with van der Waals surface area (Å²) < 4.78 is 17.0. The Kier molecular flexibility index (Phi) is 2.13. The van der Waals surface area contributed by atoms with Crippen molar-refractivity contribution in [1.82, 2.24) is 0 Å². The van der Waals surface area contributed by atoms with Crippen molar-refractivity contribution in [2.75, 3.05) is 13.5 Å². The molecule has 0 amide bonds. The number of ketones is 1. The van der Waals surface area contributed by atoms with Crippen LogP contribution in [0.2, 0.25) is 0 Å². The minimum absolute atomic E-state index is 0.149. The highest BCUT2D eigenvalue weighted by atomic mass is 19.1. The average molecular weight is 212 g/mol. The quantitative estimate of drug-likeness (QED) is 0.717. The molecular formula is C12H17FO2. The Labute approximate surface area is 89.2 Å². The molecule has 0 spiro atoms. The van der Waals surface area contributed by atoms with Gasteiger partial charge in [-0.3, -0.25) is 4.79 Å². The summed E-state index contributed by atoms with van der Waals surface area (Å²) in [5, 5.41) is 0. The van der Waals surface area contributed by atoms with Crippen LogP contribution in [0.5, 0.6) is 0 Å². The highest BCUT2D eigenvalue weighted by molar-refractivity contribution is 5.85. The van der Waals surface area contributed by atoms with E-state index < -0.39 is 6.86 Å². The summed E-state index contributed by atoms with van der Waals surface area (Å²) in [5.41, 5.74) is 0.149. The minimum atomic E-state index is -0.685. The second-order valence-corrected chi connectivity index (χ2v) is 5.70. The van der Waals surface area contributed by atoms with Gasteiger partial charge in [-0.15, -0.1) is 0 Å². The van der Waals surface area contributed by atoms with Gasteiger partial charge in [-0.1, -0.05) is 0 Å². The first-order valence-electron chi connectivity index (χ1n) is 5.90. The van der Waals surface area contributed by atoms with Crippen molar-refractivity contribution >= 4 is 5.78 Å². The van der Waals surface area contributed by atoms with Gasteiger partial charge in [0.15, 0.2) is 6.86 Å². The second kappa shape index (κ2) is 3.27. The Morgan fingerprint density at radius 1 is 1.27 bits per heavy atom. The molecule has 4 saturated carbocycles. The summed E-state index contributed by atoms with van der Waals surface area (Å²) in [6, 6.07) is 0. The standard InChI is InChI=1S/C12H17FO2/c13-7-15-6-12-3-8-1-9(4-12)11(14)10(2-8)5-12/h8-10H,1-7H2. The zero-order valence-electron chi connectivity index (χ0n) is 8.88. The number of rotatable bonds is 3. The molecule has 0 aliphatic heterocycles. The third kappa shape index (κ3) is 1.43. The van der Waals surface area contributed by atoms with Crippen molar-refractivity contribution < 1.29 is 13.9 Å². The van der Waals surface area contributed by atoms with Crippen LogP contribution in [-0.4, -0.2) is 19.3 Å². The summed E-state index contributed by atoms with van der Waals surface area (Å²) in [6.07, 6.45) is 5.25. The highest BCUT2D eigenvalue weighted by Gasteiger charge is 2.54. The van der Waals surface area contributed by atoms with Gasteiger partial charge >= 0.3 is 0 Å².